The summed E-state index contributed by atoms with van der Waals surface area (Å²) in [4.78, 5) is 1.19. The molecule has 15 heavy (non-hydrogen) atoms. The molecule has 0 saturated heterocycles. The molecule has 1 aromatic carbocycles. The van der Waals surface area contributed by atoms with Crippen molar-refractivity contribution in [1.29, 1.82) is 0 Å². The first-order valence-electron chi connectivity index (χ1n) is 4.59. The van der Waals surface area contributed by atoms with Crippen molar-refractivity contribution in [3.05, 3.63) is 48.3 Å². The van der Waals surface area contributed by atoms with E-state index in [1.165, 1.54) is 4.90 Å². The summed E-state index contributed by atoms with van der Waals surface area (Å²) in [6.45, 7) is 0. The standard InChI is InChI=1S/C11H11N3S/c12-9-3-5-11(6-4-9)15-8-10-2-1-7-13-14-10/h1-7H,8,12H2. The van der Waals surface area contributed by atoms with E-state index in [1.807, 2.05) is 36.4 Å². The molecule has 0 fully saturated rings. The second-order valence-electron chi connectivity index (χ2n) is 3.07. The number of nitrogen functional groups attached to an aromatic ring is 1. The van der Waals surface area contributed by atoms with Gasteiger partial charge >= 0.3 is 0 Å². The van der Waals surface area contributed by atoms with Crippen molar-refractivity contribution in [2.75, 3.05) is 5.73 Å². The molecule has 0 bridgehead atoms. The zero-order chi connectivity index (χ0) is 10.5. The number of nitrogens with zero attached hydrogens (tertiary/aromatic N) is 2. The molecule has 0 aliphatic heterocycles. The summed E-state index contributed by atoms with van der Waals surface area (Å²) in [5.41, 5.74) is 7.38. The topological polar surface area (TPSA) is 51.8 Å². The fraction of sp³-hybridized carbons (Fsp3) is 0.0909. The molecular formula is C11H11N3S. The molecule has 1 heterocycles. The van der Waals surface area contributed by atoms with Gasteiger partial charge < -0.3 is 5.73 Å². The van der Waals surface area contributed by atoms with Crippen LogP contribution in [0.5, 0.6) is 0 Å². The van der Waals surface area contributed by atoms with Crippen molar-refractivity contribution in [1.82, 2.24) is 10.2 Å². The summed E-state index contributed by atoms with van der Waals surface area (Å²) in [5.74, 6) is 0.831. The van der Waals surface area contributed by atoms with E-state index in [0.717, 1.165) is 17.1 Å². The second kappa shape index (κ2) is 4.79. The van der Waals surface area contributed by atoms with Crippen molar-refractivity contribution < 1.29 is 0 Å². The van der Waals surface area contributed by atoms with Crippen molar-refractivity contribution >= 4 is 17.4 Å². The Kier molecular flexibility index (Phi) is 3.19. The Morgan fingerprint density at radius 2 is 1.93 bits per heavy atom. The van der Waals surface area contributed by atoms with E-state index in [0.29, 0.717) is 0 Å². The van der Waals surface area contributed by atoms with Gasteiger partial charge in [-0.05, 0) is 36.4 Å². The van der Waals surface area contributed by atoms with Gasteiger partial charge in [0.15, 0.2) is 0 Å². The van der Waals surface area contributed by atoms with Crippen LogP contribution in [-0.4, -0.2) is 10.2 Å². The Morgan fingerprint density at radius 1 is 1.13 bits per heavy atom. The monoisotopic (exact) mass is 217 g/mol. The van der Waals surface area contributed by atoms with E-state index in [1.54, 1.807) is 18.0 Å². The van der Waals surface area contributed by atoms with Crippen molar-refractivity contribution in [2.45, 2.75) is 10.6 Å². The normalized spacial score (nSPS) is 10.1. The van der Waals surface area contributed by atoms with Crippen LogP contribution in [0.25, 0.3) is 0 Å². The van der Waals surface area contributed by atoms with Crippen LogP contribution in [0, 0.1) is 0 Å². The van der Waals surface area contributed by atoms with Gasteiger partial charge in [0.2, 0.25) is 0 Å². The number of nitrogens with two attached hydrogens (primary N) is 1. The van der Waals surface area contributed by atoms with E-state index in [2.05, 4.69) is 10.2 Å². The molecule has 3 nitrogen and oxygen atoms in total. The lowest BCUT2D eigenvalue weighted by atomic mass is 10.3. The van der Waals surface area contributed by atoms with Crippen molar-refractivity contribution in [2.24, 2.45) is 0 Å². The predicted molar refractivity (Wildman–Crippen MR) is 62.4 cm³/mol. The zero-order valence-electron chi connectivity index (χ0n) is 8.13. The fourth-order valence-corrected chi connectivity index (χ4v) is 1.93. The summed E-state index contributed by atoms with van der Waals surface area (Å²) in [5, 5.41) is 7.84. The summed E-state index contributed by atoms with van der Waals surface area (Å²) >= 11 is 1.72. The Hall–Kier alpha value is -1.55. The minimum atomic E-state index is 0.791. The SMILES string of the molecule is Nc1ccc(SCc2cccnn2)cc1. The van der Waals surface area contributed by atoms with Crippen LogP contribution < -0.4 is 5.73 Å². The Labute approximate surface area is 92.7 Å². The number of hydrogen-bond acceptors (Lipinski definition) is 4. The molecule has 0 aliphatic rings. The van der Waals surface area contributed by atoms with Crippen LogP contribution in [0.2, 0.25) is 0 Å². The number of aromatic nitrogens is 2. The molecule has 0 atom stereocenters. The summed E-state index contributed by atoms with van der Waals surface area (Å²) in [6.07, 6.45) is 1.68. The maximum absolute atomic E-state index is 5.60. The third kappa shape index (κ3) is 2.95. The Balaban J connectivity index is 1.96. The molecule has 0 spiro atoms. The highest BCUT2D eigenvalue weighted by Gasteiger charge is 1.96. The molecule has 1 aromatic heterocycles. The molecule has 0 aliphatic carbocycles. The first-order valence-corrected chi connectivity index (χ1v) is 5.58. The van der Waals surface area contributed by atoms with Crippen LogP contribution in [0.4, 0.5) is 5.69 Å². The van der Waals surface area contributed by atoms with Crippen LogP contribution in [0.15, 0.2) is 47.5 Å². The lowest BCUT2D eigenvalue weighted by molar-refractivity contribution is 0.971. The van der Waals surface area contributed by atoms with Crippen molar-refractivity contribution in [3.8, 4) is 0 Å². The molecule has 4 heteroatoms. The highest BCUT2D eigenvalue weighted by molar-refractivity contribution is 7.98. The number of hydrogen-bond donors (Lipinski definition) is 1. The van der Waals surface area contributed by atoms with Gasteiger partial charge in [-0.25, -0.2) is 0 Å². The van der Waals surface area contributed by atoms with Gasteiger partial charge in [0.1, 0.15) is 0 Å². The van der Waals surface area contributed by atoms with Crippen LogP contribution >= 0.6 is 11.8 Å². The van der Waals surface area contributed by atoms with Gasteiger partial charge in [-0.1, -0.05) is 0 Å². The molecule has 76 valence electrons. The van der Waals surface area contributed by atoms with Gasteiger partial charge in [0.05, 0.1) is 5.69 Å². The molecular weight excluding hydrogens is 206 g/mol. The lowest BCUT2D eigenvalue weighted by Crippen LogP contribution is -1.88. The van der Waals surface area contributed by atoms with Crippen LogP contribution in [-0.2, 0) is 5.75 Å². The highest BCUT2D eigenvalue weighted by Crippen LogP contribution is 2.22. The van der Waals surface area contributed by atoms with E-state index in [-0.39, 0.29) is 0 Å². The number of rotatable bonds is 3. The molecule has 2 aromatic rings. The average molecular weight is 217 g/mol. The second-order valence-corrected chi connectivity index (χ2v) is 4.12. The number of anilines is 1. The Morgan fingerprint density at radius 3 is 2.60 bits per heavy atom. The van der Waals surface area contributed by atoms with Gasteiger partial charge in [0.25, 0.3) is 0 Å². The predicted octanol–water partition coefficient (Wildman–Crippen LogP) is 2.35. The molecule has 0 radical (unpaired) electrons. The van der Waals surface area contributed by atoms with E-state index < -0.39 is 0 Å². The smallest absolute Gasteiger partial charge is 0.0733 e. The van der Waals surface area contributed by atoms with Gasteiger partial charge in [-0.3, -0.25) is 0 Å². The maximum atomic E-state index is 5.60. The summed E-state index contributed by atoms with van der Waals surface area (Å²) in [7, 11) is 0. The maximum Gasteiger partial charge on any atom is 0.0733 e. The van der Waals surface area contributed by atoms with Crippen molar-refractivity contribution in [3.63, 3.8) is 0 Å². The summed E-state index contributed by atoms with van der Waals surface area (Å²) in [6, 6.07) is 11.7. The first kappa shape index (κ1) is 9.98. The van der Waals surface area contributed by atoms with Gasteiger partial charge in [-0.15, -0.1) is 11.8 Å². The van der Waals surface area contributed by atoms with Crippen LogP contribution in [0.3, 0.4) is 0 Å². The van der Waals surface area contributed by atoms with Gasteiger partial charge in [-0.2, -0.15) is 10.2 Å². The Bertz CT molecular complexity index is 414. The molecule has 0 saturated carbocycles. The lowest BCUT2D eigenvalue weighted by Gasteiger charge is -2.00. The van der Waals surface area contributed by atoms with Crippen LogP contribution in [0.1, 0.15) is 5.69 Å². The third-order valence-electron chi connectivity index (χ3n) is 1.89. The van der Waals surface area contributed by atoms with E-state index in [9.17, 15) is 0 Å². The highest BCUT2D eigenvalue weighted by atomic mass is 32.2. The number of benzene rings is 1. The first-order chi connectivity index (χ1) is 7.34. The largest absolute Gasteiger partial charge is 0.399 e. The minimum absolute atomic E-state index is 0.791. The zero-order valence-corrected chi connectivity index (χ0v) is 8.95. The third-order valence-corrected chi connectivity index (χ3v) is 2.94. The number of thioether (sulfide) groups is 1. The summed E-state index contributed by atoms with van der Waals surface area (Å²) < 4.78 is 0. The average Bonchev–Trinajstić information content (AvgIpc) is 2.30. The quantitative estimate of drug-likeness (QED) is 0.633. The molecule has 0 unspecified atom stereocenters. The molecule has 2 rings (SSSR count). The fourth-order valence-electron chi connectivity index (χ4n) is 1.13. The van der Waals surface area contributed by atoms with E-state index in [4.69, 9.17) is 5.73 Å². The molecule has 2 N–H and O–H groups in total. The van der Waals surface area contributed by atoms with Gasteiger partial charge in [0, 0.05) is 22.5 Å². The molecule has 0 amide bonds. The minimum Gasteiger partial charge on any atom is -0.399 e. The van der Waals surface area contributed by atoms with E-state index >= 15 is 0 Å².